The first-order valence-electron chi connectivity index (χ1n) is 6.50. The molecule has 0 aliphatic carbocycles. The van der Waals surface area contributed by atoms with Crippen LogP contribution in [0.25, 0.3) is 16.9 Å². The zero-order valence-electron chi connectivity index (χ0n) is 11.2. The molecule has 0 saturated carbocycles. The lowest BCUT2D eigenvalue weighted by Crippen LogP contribution is -2.05. The van der Waals surface area contributed by atoms with E-state index in [9.17, 15) is 13.2 Å². The van der Waals surface area contributed by atoms with Gasteiger partial charge in [-0.05, 0) is 30.7 Å². The number of imidazole rings is 1. The maximum atomic E-state index is 12.8. The van der Waals surface area contributed by atoms with Crippen LogP contribution < -0.4 is 0 Å². The van der Waals surface area contributed by atoms with Crippen LogP contribution in [-0.4, -0.2) is 14.6 Å². The molecule has 0 aliphatic heterocycles. The van der Waals surface area contributed by atoms with Crippen molar-refractivity contribution in [3.8, 4) is 11.3 Å². The third kappa shape index (κ3) is 2.49. The quantitative estimate of drug-likeness (QED) is 0.715. The number of benzene rings is 1. The predicted molar refractivity (Wildman–Crippen MR) is 72.8 cm³/mol. The number of fused-ring (bicyclic) bond motifs is 1. The highest BCUT2D eigenvalue weighted by Gasteiger charge is 2.30. The maximum Gasteiger partial charge on any atom is 0.416 e. The predicted octanol–water partition coefficient (Wildman–Crippen LogP) is 3.98. The van der Waals surface area contributed by atoms with Crippen molar-refractivity contribution < 1.29 is 13.2 Å². The summed E-state index contributed by atoms with van der Waals surface area (Å²) >= 11 is 0. The number of hydrogen-bond donors (Lipinski definition) is 0. The van der Waals surface area contributed by atoms with E-state index in [-0.39, 0.29) is 0 Å². The van der Waals surface area contributed by atoms with E-state index >= 15 is 0 Å². The molecule has 21 heavy (non-hydrogen) atoms. The van der Waals surface area contributed by atoms with Crippen LogP contribution in [-0.2, 0) is 12.6 Å². The molecule has 0 saturated heterocycles. The summed E-state index contributed by atoms with van der Waals surface area (Å²) in [6.45, 7) is 1.97. The van der Waals surface area contributed by atoms with Crippen molar-refractivity contribution >= 4 is 5.65 Å². The second-order valence-corrected chi connectivity index (χ2v) is 4.67. The van der Waals surface area contributed by atoms with Gasteiger partial charge in [0.05, 0.1) is 23.1 Å². The Morgan fingerprint density at radius 1 is 1.14 bits per heavy atom. The minimum Gasteiger partial charge on any atom is -0.235 e. The van der Waals surface area contributed by atoms with Gasteiger partial charge in [0.1, 0.15) is 0 Å². The van der Waals surface area contributed by atoms with E-state index in [0.29, 0.717) is 16.9 Å². The fourth-order valence-electron chi connectivity index (χ4n) is 2.17. The first-order chi connectivity index (χ1) is 9.99. The largest absolute Gasteiger partial charge is 0.416 e. The Bertz CT molecular complexity index is 790. The molecule has 0 atom stereocenters. The van der Waals surface area contributed by atoms with Crippen molar-refractivity contribution in [2.45, 2.75) is 19.5 Å². The normalized spacial score (nSPS) is 12.0. The van der Waals surface area contributed by atoms with E-state index < -0.39 is 11.7 Å². The van der Waals surface area contributed by atoms with Crippen LogP contribution in [0.3, 0.4) is 0 Å². The molecule has 0 amide bonds. The van der Waals surface area contributed by atoms with Crippen LogP contribution >= 0.6 is 0 Å². The third-order valence-electron chi connectivity index (χ3n) is 3.28. The van der Waals surface area contributed by atoms with Crippen LogP contribution in [0.2, 0.25) is 0 Å². The third-order valence-corrected chi connectivity index (χ3v) is 3.28. The molecule has 0 spiro atoms. The van der Waals surface area contributed by atoms with Crippen LogP contribution in [0.1, 0.15) is 18.2 Å². The van der Waals surface area contributed by atoms with Crippen molar-refractivity contribution in [1.82, 2.24) is 14.6 Å². The van der Waals surface area contributed by atoms with Crippen LogP contribution in [0.15, 0.2) is 42.6 Å². The summed E-state index contributed by atoms with van der Waals surface area (Å²) in [5.74, 6) is 0. The van der Waals surface area contributed by atoms with Gasteiger partial charge >= 0.3 is 6.18 Å². The highest BCUT2D eigenvalue weighted by atomic mass is 19.4. The van der Waals surface area contributed by atoms with Crippen LogP contribution in [0, 0.1) is 0 Å². The molecule has 2 aromatic heterocycles. The number of rotatable bonds is 2. The van der Waals surface area contributed by atoms with E-state index in [1.165, 1.54) is 6.07 Å². The molecule has 2 heterocycles. The van der Waals surface area contributed by atoms with Gasteiger partial charge in [-0.2, -0.15) is 18.3 Å². The number of aryl methyl sites for hydroxylation is 1. The van der Waals surface area contributed by atoms with Crippen molar-refractivity contribution in [2.75, 3.05) is 0 Å². The Kier molecular flexibility index (Phi) is 3.16. The molecule has 108 valence electrons. The monoisotopic (exact) mass is 291 g/mol. The number of alkyl halides is 3. The Balaban J connectivity index is 2.12. The lowest BCUT2D eigenvalue weighted by Gasteiger charge is -2.09. The van der Waals surface area contributed by atoms with Crippen molar-refractivity contribution in [2.24, 2.45) is 0 Å². The van der Waals surface area contributed by atoms with Gasteiger partial charge in [-0.3, -0.25) is 0 Å². The summed E-state index contributed by atoms with van der Waals surface area (Å²) in [6.07, 6.45) is -1.89. The van der Waals surface area contributed by atoms with Gasteiger partial charge in [0.2, 0.25) is 0 Å². The van der Waals surface area contributed by atoms with E-state index in [2.05, 4.69) is 10.1 Å². The lowest BCUT2D eigenvalue weighted by atomic mass is 10.1. The number of aromatic nitrogens is 3. The molecular formula is C15H12F3N3. The zero-order valence-corrected chi connectivity index (χ0v) is 11.2. The average molecular weight is 291 g/mol. The molecule has 3 rings (SSSR count). The maximum absolute atomic E-state index is 12.8. The zero-order chi connectivity index (χ0) is 15.0. The van der Waals surface area contributed by atoms with Gasteiger partial charge in [0.15, 0.2) is 5.65 Å². The fraction of sp³-hybridized carbons (Fsp3) is 0.200. The second-order valence-electron chi connectivity index (χ2n) is 4.67. The number of hydrogen-bond acceptors (Lipinski definition) is 2. The number of nitrogens with zero attached hydrogens (tertiary/aromatic N) is 3. The second kappa shape index (κ2) is 4.87. The lowest BCUT2D eigenvalue weighted by molar-refractivity contribution is -0.137. The van der Waals surface area contributed by atoms with E-state index in [1.54, 1.807) is 28.9 Å². The fourth-order valence-corrected chi connectivity index (χ4v) is 2.17. The molecule has 3 aromatic rings. The van der Waals surface area contributed by atoms with Crippen LogP contribution in [0.4, 0.5) is 13.2 Å². The van der Waals surface area contributed by atoms with Crippen molar-refractivity contribution in [3.05, 3.63) is 53.9 Å². The summed E-state index contributed by atoms with van der Waals surface area (Å²) in [5, 5.41) is 4.39. The summed E-state index contributed by atoms with van der Waals surface area (Å²) in [4.78, 5) is 4.20. The molecule has 0 N–H and O–H groups in total. The molecule has 0 fully saturated rings. The molecule has 0 aliphatic rings. The van der Waals surface area contributed by atoms with Gasteiger partial charge < -0.3 is 0 Å². The van der Waals surface area contributed by atoms with Crippen LogP contribution in [0.5, 0.6) is 0 Å². The first-order valence-corrected chi connectivity index (χ1v) is 6.50. The standard InChI is InChI=1S/C15H12F3N3/c1-2-12-9-19-14-7-6-13(20-21(12)14)10-4-3-5-11(8-10)15(16,17)18/h3-9H,2H2,1H3. The molecule has 6 heteroatoms. The molecule has 0 radical (unpaired) electrons. The van der Waals surface area contributed by atoms with Crippen molar-refractivity contribution in [3.63, 3.8) is 0 Å². The summed E-state index contributed by atoms with van der Waals surface area (Å²) in [5.41, 5.74) is 1.84. The smallest absolute Gasteiger partial charge is 0.235 e. The first kappa shape index (κ1) is 13.6. The topological polar surface area (TPSA) is 30.2 Å². The number of halogens is 3. The van der Waals surface area contributed by atoms with E-state index in [0.717, 1.165) is 24.2 Å². The summed E-state index contributed by atoms with van der Waals surface area (Å²) < 4.78 is 40.0. The Morgan fingerprint density at radius 2 is 1.95 bits per heavy atom. The molecule has 1 aromatic carbocycles. The van der Waals surface area contributed by atoms with Gasteiger partial charge in [0.25, 0.3) is 0 Å². The minimum atomic E-state index is -4.36. The molecule has 3 nitrogen and oxygen atoms in total. The highest BCUT2D eigenvalue weighted by Crippen LogP contribution is 2.31. The Morgan fingerprint density at radius 3 is 2.67 bits per heavy atom. The summed E-state index contributed by atoms with van der Waals surface area (Å²) in [7, 11) is 0. The Labute approximate surface area is 119 Å². The van der Waals surface area contributed by atoms with Gasteiger partial charge in [-0.1, -0.05) is 19.1 Å². The molecular weight excluding hydrogens is 279 g/mol. The van der Waals surface area contributed by atoms with E-state index in [1.807, 2.05) is 6.92 Å². The summed E-state index contributed by atoms with van der Waals surface area (Å²) in [6, 6.07) is 8.59. The highest BCUT2D eigenvalue weighted by molar-refractivity contribution is 5.61. The SMILES string of the molecule is CCc1cnc2ccc(-c3cccc(C(F)(F)F)c3)nn12. The van der Waals surface area contributed by atoms with Crippen molar-refractivity contribution in [1.29, 1.82) is 0 Å². The molecule has 0 bridgehead atoms. The Hall–Kier alpha value is -2.37. The van der Waals surface area contributed by atoms with Gasteiger partial charge in [0, 0.05) is 5.56 Å². The molecule has 0 unspecified atom stereocenters. The average Bonchev–Trinajstić information content (AvgIpc) is 2.88. The van der Waals surface area contributed by atoms with Gasteiger partial charge in [-0.15, -0.1) is 0 Å². The van der Waals surface area contributed by atoms with E-state index in [4.69, 9.17) is 0 Å². The minimum absolute atomic E-state index is 0.433. The van der Waals surface area contributed by atoms with Gasteiger partial charge in [-0.25, -0.2) is 9.50 Å².